The van der Waals surface area contributed by atoms with E-state index in [1.807, 2.05) is 13.2 Å². The fraction of sp³-hybridized carbons (Fsp3) is 0.545. The molecule has 0 saturated heterocycles. The topological polar surface area (TPSA) is 71.1 Å². The van der Waals surface area contributed by atoms with Crippen molar-refractivity contribution in [2.75, 3.05) is 24.4 Å². The zero-order valence-corrected chi connectivity index (χ0v) is 12.4. The second-order valence-corrected chi connectivity index (χ2v) is 6.52. The maximum absolute atomic E-state index is 12.2. The highest BCUT2D eigenvalue weighted by Crippen LogP contribution is 2.17. The molecule has 102 valence electrons. The van der Waals surface area contributed by atoms with Gasteiger partial charge in [-0.05, 0) is 37.5 Å². The van der Waals surface area contributed by atoms with E-state index in [-0.39, 0.29) is 11.1 Å². The molecule has 0 fully saturated rings. The van der Waals surface area contributed by atoms with Gasteiger partial charge in [0.2, 0.25) is 0 Å². The molecule has 5 nitrogen and oxygen atoms in total. The highest BCUT2D eigenvalue weighted by atomic mass is 32.2. The molecule has 0 aliphatic rings. The zero-order chi connectivity index (χ0) is 13.6. The Hall–Kier alpha value is -0.790. The van der Waals surface area contributed by atoms with E-state index in [2.05, 4.69) is 15.0 Å². The second-order valence-electron chi connectivity index (χ2n) is 3.91. The number of sulfonamides is 1. The third-order valence-electron chi connectivity index (χ3n) is 2.41. The Bertz CT molecular complexity index is 477. The summed E-state index contributed by atoms with van der Waals surface area (Å²) in [6, 6.07) is 3.28. The van der Waals surface area contributed by atoms with Crippen LogP contribution >= 0.6 is 11.8 Å². The lowest BCUT2D eigenvalue weighted by Gasteiger charge is -2.14. The third-order valence-corrected chi connectivity index (χ3v) is 4.60. The highest BCUT2D eigenvalue weighted by molar-refractivity contribution is 7.98. The van der Waals surface area contributed by atoms with Crippen LogP contribution in [0.15, 0.2) is 23.4 Å². The second kappa shape index (κ2) is 6.96. The van der Waals surface area contributed by atoms with Crippen molar-refractivity contribution >= 4 is 27.5 Å². The number of pyridine rings is 1. The number of thioether (sulfide) groups is 1. The Kier molecular flexibility index (Phi) is 5.90. The normalized spacial score (nSPS) is 13.3. The minimum Gasteiger partial charge on any atom is -0.386 e. The fourth-order valence-electron chi connectivity index (χ4n) is 1.47. The van der Waals surface area contributed by atoms with Crippen LogP contribution < -0.4 is 10.0 Å². The Morgan fingerprint density at radius 3 is 2.83 bits per heavy atom. The molecule has 0 amide bonds. The quantitative estimate of drug-likeness (QED) is 0.797. The Labute approximate surface area is 113 Å². The molecule has 0 spiro atoms. The van der Waals surface area contributed by atoms with Crippen LogP contribution in [0.2, 0.25) is 0 Å². The minimum absolute atomic E-state index is 0.0449. The van der Waals surface area contributed by atoms with Crippen molar-refractivity contribution in [1.82, 2.24) is 9.71 Å². The van der Waals surface area contributed by atoms with Crippen LogP contribution in [0.3, 0.4) is 0 Å². The van der Waals surface area contributed by atoms with Gasteiger partial charge in [0.1, 0.15) is 0 Å². The summed E-state index contributed by atoms with van der Waals surface area (Å²) in [4.78, 5) is 3.94. The molecule has 18 heavy (non-hydrogen) atoms. The number of aromatic nitrogens is 1. The van der Waals surface area contributed by atoms with Crippen LogP contribution in [0.25, 0.3) is 0 Å². The first-order valence-electron chi connectivity index (χ1n) is 5.65. The molecule has 0 aliphatic carbocycles. The summed E-state index contributed by atoms with van der Waals surface area (Å²) in [5.74, 6) is 0.921. The maximum Gasteiger partial charge on any atom is 0.260 e. The van der Waals surface area contributed by atoms with E-state index < -0.39 is 10.0 Å². The van der Waals surface area contributed by atoms with E-state index >= 15 is 0 Å². The molecular formula is C11H19N3O2S2. The lowest BCUT2D eigenvalue weighted by atomic mass is 10.3. The van der Waals surface area contributed by atoms with Gasteiger partial charge in [-0.3, -0.25) is 0 Å². The minimum atomic E-state index is -3.57. The molecule has 1 aromatic heterocycles. The Morgan fingerprint density at radius 2 is 2.22 bits per heavy atom. The molecule has 2 N–H and O–H groups in total. The fourth-order valence-corrected chi connectivity index (χ4v) is 3.48. The third kappa shape index (κ3) is 4.15. The van der Waals surface area contributed by atoms with Crippen molar-refractivity contribution in [3.63, 3.8) is 0 Å². The summed E-state index contributed by atoms with van der Waals surface area (Å²) in [5.41, 5.74) is 0.502. The van der Waals surface area contributed by atoms with Gasteiger partial charge >= 0.3 is 0 Å². The van der Waals surface area contributed by atoms with Gasteiger partial charge in [-0.15, -0.1) is 0 Å². The molecule has 0 aliphatic heterocycles. The van der Waals surface area contributed by atoms with E-state index in [0.29, 0.717) is 5.69 Å². The van der Waals surface area contributed by atoms with Crippen LogP contribution in [0, 0.1) is 0 Å². The number of anilines is 1. The van der Waals surface area contributed by atoms with E-state index in [1.54, 1.807) is 30.9 Å². The first-order valence-corrected chi connectivity index (χ1v) is 8.53. The van der Waals surface area contributed by atoms with Crippen molar-refractivity contribution < 1.29 is 8.42 Å². The van der Waals surface area contributed by atoms with Crippen molar-refractivity contribution in [1.29, 1.82) is 0 Å². The summed E-state index contributed by atoms with van der Waals surface area (Å²) in [6.45, 7) is 1.86. The summed E-state index contributed by atoms with van der Waals surface area (Å²) < 4.78 is 27.0. The molecule has 1 rings (SSSR count). The average molecular weight is 289 g/mol. The van der Waals surface area contributed by atoms with E-state index in [9.17, 15) is 8.42 Å². The van der Waals surface area contributed by atoms with E-state index in [4.69, 9.17) is 0 Å². The van der Waals surface area contributed by atoms with Gasteiger partial charge < -0.3 is 5.32 Å². The van der Waals surface area contributed by atoms with Gasteiger partial charge in [0, 0.05) is 19.3 Å². The standard InChI is InChI=1S/C11H19N3O2S2/c1-9(6-8-17-3)14-18(15,16)11-10(12-2)5-4-7-13-11/h4-5,7,9,12,14H,6,8H2,1-3H3. The van der Waals surface area contributed by atoms with Crippen LogP contribution in [0.4, 0.5) is 5.69 Å². The largest absolute Gasteiger partial charge is 0.386 e. The van der Waals surface area contributed by atoms with Crippen LogP contribution in [0.1, 0.15) is 13.3 Å². The summed E-state index contributed by atoms with van der Waals surface area (Å²) in [5, 5.41) is 2.88. The van der Waals surface area contributed by atoms with E-state index in [1.165, 1.54) is 6.20 Å². The van der Waals surface area contributed by atoms with Gasteiger partial charge in [0.15, 0.2) is 5.03 Å². The molecule has 0 aromatic carbocycles. The first kappa shape index (κ1) is 15.3. The SMILES string of the molecule is CNc1cccnc1S(=O)(=O)NC(C)CCSC. The molecule has 7 heteroatoms. The monoisotopic (exact) mass is 289 g/mol. The molecular weight excluding hydrogens is 270 g/mol. The van der Waals surface area contributed by atoms with Gasteiger partial charge in [0.05, 0.1) is 5.69 Å². The molecule has 1 aromatic rings. The van der Waals surface area contributed by atoms with Crippen molar-refractivity contribution in [3.8, 4) is 0 Å². The Balaban J connectivity index is 2.86. The van der Waals surface area contributed by atoms with Crippen molar-refractivity contribution in [2.24, 2.45) is 0 Å². The predicted molar refractivity (Wildman–Crippen MR) is 76.6 cm³/mol. The molecule has 1 heterocycles. The first-order chi connectivity index (χ1) is 8.51. The van der Waals surface area contributed by atoms with Crippen molar-refractivity contribution in [3.05, 3.63) is 18.3 Å². The number of hydrogen-bond acceptors (Lipinski definition) is 5. The number of rotatable bonds is 7. The molecule has 1 unspecified atom stereocenters. The van der Waals surface area contributed by atoms with Gasteiger partial charge in [-0.2, -0.15) is 11.8 Å². The smallest absolute Gasteiger partial charge is 0.260 e. The summed E-state index contributed by atoms with van der Waals surface area (Å²) >= 11 is 1.70. The van der Waals surface area contributed by atoms with Gasteiger partial charge in [-0.1, -0.05) is 0 Å². The Morgan fingerprint density at radius 1 is 1.50 bits per heavy atom. The van der Waals surface area contributed by atoms with Crippen LogP contribution in [-0.2, 0) is 10.0 Å². The lowest BCUT2D eigenvalue weighted by Crippen LogP contribution is -2.33. The molecule has 0 bridgehead atoms. The van der Waals surface area contributed by atoms with Gasteiger partial charge in [0.25, 0.3) is 10.0 Å². The molecule has 0 saturated carbocycles. The predicted octanol–water partition coefficient (Wildman–Crippen LogP) is 1.54. The highest BCUT2D eigenvalue weighted by Gasteiger charge is 2.21. The number of nitrogens with one attached hydrogen (secondary N) is 2. The summed E-state index contributed by atoms with van der Waals surface area (Å²) in [6.07, 6.45) is 4.27. The number of nitrogens with zero attached hydrogens (tertiary/aromatic N) is 1. The molecule has 0 radical (unpaired) electrons. The van der Waals surface area contributed by atoms with Gasteiger partial charge in [-0.25, -0.2) is 18.1 Å². The molecule has 1 atom stereocenters. The maximum atomic E-state index is 12.2. The van der Waals surface area contributed by atoms with Crippen LogP contribution in [0.5, 0.6) is 0 Å². The lowest BCUT2D eigenvalue weighted by molar-refractivity contribution is 0.554. The summed E-state index contributed by atoms with van der Waals surface area (Å²) in [7, 11) is -1.89. The van der Waals surface area contributed by atoms with Crippen LogP contribution in [-0.4, -0.2) is 38.5 Å². The number of hydrogen-bond donors (Lipinski definition) is 2. The van der Waals surface area contributed by atoms with Crippen molar-refractivity contribution in [2.45, 2.75) is 24.4 Å². The average Bonchev–Trinajstić information content (AvgIpc) is 2.35. The zero-order valence-electron chi connectivity index (χ0n) is 10.8. The van der Waals surface area contributed by atoms with E-state index in [0.717, 1.165) is 12.2 Å².